The molecule has 25 heavy (non-hydrogen) atoms. The lowest BCUT2D eigenvalue weighted by atomic mass is 10.3. The first-order valence-corrected chi connectivity index (χ1v) is 8.69. The van der Waals surface area contributed by atoms with Crippen LogP contribution in [0.15, 0.2) is 35.3 Å². The standard InChI is InChI=1S/C18H27N5O.HI/c1-22(2)17(24)12-19-18(20-14-8-9-14)21-15-10-11-23(13-15)16-6-4-3-5-7-16;/h3-7,14-15H,8-13H2,1-2H3,(H2,19,20,21);1H. The number of rotatable bonds is 5. The highest BCUT2D eigenvalue weighted by atomic mass is 127. The summed E-state index contributed by atoms with van der Waals surface area (Å²) in [5.41, 5.74) is 1.26. The predicted octanol–water partition coefficient (Wildman–Crippen LogP) is 1.67. The Labute approximate surface area is 167 Å². The van der Waals surface area contributed by atoms with E-state index in [9.17, 15) is 4.79 Å². The van der Waals surface area contributed by atoms with Gasteiger partial charge >= 0.3 is 0 Å². The van der Waals surface area contributed by atoms with E-state index in [4.69, 9.17) is 0 Å². The third-order valence-electron chi connectivity index (χ3n) is 4.44. The fourth-order valence-corrected chi connectivity index (χ4v) is 2.79. The molecule has 1 aromatic carbocycles. The molecule has 138 valence electrons. The Morgan fingerprint density at radius 2 is 1.84 bits per heavy atom. The van der Waals surface area contributed by atoms with Gasteiger partial charge in [0.15, 0.2) is 5.96 Å². The molecular weight excluding hydrogens is 429 g/mol. The van der Waals surface area contributed by atoms with Gasteiger partial charge in [0.2, 0.25) is 5.91 Å². The third-order valence-corrected chi connectivity index (χ3v) is 4.44. The molecule has 1 aliphatic heterocycles. The Morgan fingerprint density at radius 3 is 2.48 bits per heavy atom. The molecule has 2 fully saturated rings. The van der Waals surface area contributed by atoms with E-state index in [2.05, 4.69) is 44.8 Å². The van der Waals surface area contributed by atoms with E-state index in [0.29, 0.717) is 12.1 Å². The highest BCUT2D eigenvalue weighted by Gasteiger charge is 2.26. The summed E-state index contributed by atoms with van der Waals surface area (Å²) in [6.07, 6.45) is 3.44. The van der Waals surface area contributed by atoms with E-state index >= 15 is 0 Å². The molecule has 1 atom stereocenters. The second kappa shape index (κ2) is 9.26. The molecule has 0 bridgehead atoms. The van der Waals surface area contributed by atoms with E-state index in [-0.39, 0.29) is 36.4 Å². The van der Waals surface area contributed by atoms with Crippen LogP contribution in [0, 0.1) is 0 Å². The van der Waals surface area contributed by atoms with Crippen LogP contribution in [0.2, 0.25) is 0 Å². The van der Waals surface area contributed by atoms with Crippen molar-refractivity contribution in [2.75, 3.05) is 38.6 Å². The van der Waals surface area contributed by atoms with Gasteiger partial charge in [0.25, 0.3) is 0 Å². The molecule has 1 saturated carbocycles. The number of likely N-dealkylation sites (N-methyl/N-ethyl adjacent to an activating group) is 1. The minimum absolute atomic E-state index is 0. The predicted molar refractivity (Wildman–Crippen MR) is 113 cm³/mol. The maximum absolute atomic E-state index is 11.8. The van der Waals surface area contributed by atoms with Crippen LogP contribution in [0.3, 0.4) is 0 Å². The van der Waals surface area contributed by atoms with Crippen LogP contribution >= 0.6 is 24.0 Å². The average Bonchev–Trinajstić information content (AvgIpc) is 3.28. The normalized spacial score (nSPS) is 20.0. The summed E-state index contributed by atoms with van der Waals surface area (Å²) in [7, 11) is 3.52. The number of hydrogen-bond acceptors (Lipinski definition) is 3. The van der Waals surface area contributed by atoms with Crippen LogP contribution in [0.5, 0.6) is 0 Å². The summed E-state index contributed by atoms with van der Waals surface area (Å²) in [5, 5.41) is 6.92. The van der Waals surface area contributed by atoms with E-state index in [0.717, 1.165) is 25.5 Å². The van der Waals surface area contributed by atoms with Gasteiger partial charge in [0.1, 0.15) is 6.54 Å². The lowest BCUT2D eigenvalue weighted by molar-refractivity contribution is -0.127. The first kappa shape index (κ1) is 19.8. The summed E-state index contributed by atoms with van der Waals surface area (Å²) >= 11 is 0. The topological polar surface area (TPSA) is 60.0 Å². The Bertz CT molecular complexity index is 588. The average molecular weight is 457 g/mol. The number of carbonyl (C=O) groups excluding carboxylic acids is 1. The van der Waals surface area contributed by atoms with Gasteiger partial charge in [0.05, 0.1) is 0 Å². The number of guanidine groups is 1. The van der Waals surface area contributed by atoms with Crippen LogP contribution in [-0.4, -0.2) is 62.6 Å². The quantitative estimate of drug-likeness (QED) is 0.402. The number of carbonyl (C=O) groups is 1. The van der Waals surface area contributed by atoms with Crippen molar-refractivity contribution in [3.8, 4) is 0 Å². The van der Waals surface area contributed by atoms with Gasteiger partial charge in [-0.15, -0.1) is 24.0 Å². The van der Waals surface area contributed by atoms with Gasteiger partial charge in [-0.25, -0.2) is 4.99 Å². The molecule has 0 spiro atoms. The monoisotopic (exact) mass is 457 g/mol. The highest BCUT2D eigenvalue weighted by molar-refractivity contribution is 14.0. The fourth-order valence-electron chi connectivity index (χ4n) is 2.79. The molecule has 1 saturated heterocycles. The number of benzene rings is 1. The minimum Gasteiger partial charge on any atom is -0.369 e. The number of para-hydroxylation sites is 1. The van der Waals surface area contributed by atoms with E-state index in [1.807, 2.05) is 6.07 Å². The van der Waals surface area contributed by atoms with Crippen molar-refractivity contribution in [2.24, 2.45) is 4.99 Å². The van der Waals surface area contributed by atoms with Crippen LogP contribution in [0.25, 0.3) is 0 Å². The largest absolute Gasteiger partial charge is 0.369 e. The molecule has 2 aliphatic rings. The maximum atomic E-state index is 11.8. The summed E-state index contributed by atoms with van der Waals surface area (Å²) in [6.45, 7) is 2.18. The van der Waals surface area contributed by atoms with Crippen molar-refractivity contribution in [1.82, 2.24) is 15.5 Å². The Morgan fingerprint density at radius 1 is 1.16 bits per heavy atom. The van der Waals surface area contributed by atoms with Crippen molar-refractivity contribution in [3.63, 3.8) is 0 Å². The number of anilines is 1. The molecule has 7 heteroatoms. The highest BCUT2D eigenvalue weighted by Crippen LogP contribution is 2.21. The SMILES string of the molecule is CN(C)C(=O)CN=C(NC1CC1)NC1CCN(c2ccccc2)C1.I. The molecule has 1 aliphatic carbocycles. The van der Waals surface area contributed by atoms with Crippen molar-refractivity contribution >= 4 is 41.5 Å². The van der Waals surface area contributed by atoms with Gasteiger partial charge in [-0.1, -0.05) is 18.2 Å². The maximum Gasteiger partial charge on any atom is 0.243 e. The van der Waals surface area contributed by atoms with Gasteiger partial charge in [-0.05, 0) is 31.4 Å². The Balaban J connectivity index is 0.00000225. The molecule has 3 rings (SSSR count). The summed E-state index contributed by atoms with van der Waals surface area (Å²) < 4.78 is 0. The van der Waals surface area contributed by atoms with Gasteiger partial charge in [-0.2, -0.15) is 0 Å². The molecule has 1 amide bonds. The van der Waals surface area contributed by atoms with Crippen molar-refractivity contribution in [1.29, 1.82) is 0 Å². The number of nitrogens with zero attached hydrogens (tertiary/aromatic N) is 3. The van der Waals surface area contributed by atoms with Crippen molar-refractivity contribution in [3.05, 3.63) is 30.3 Å². The molecule has 1 aromatic rings. The van der Waals surface area contributed by atoms with Gasteiger partial charge < -0.3 is 20.4 Å². The molecule has 1 unspecified atom stereocenters. The summed E-state index contributed by atoms with van der Waals surface area (Å²) in [4.78, 5) is 20.2. The van der Waals surface area contributed by atoms with Crippen LogP contribution < -0.4 is 15.5 Å². The zero-order valence-corrected chi connectivity index (χ0v) is 17.3. The van der Waals surface area contributed by atoms with Crippen molar-refractivity contribution in [2.45, 2.75) is 31.3 Å². The summed E-state index contributed by atoms with van der Waals surface area (Å²) in [5.74, 6) is 0.789. The van der Waals surface area contributed by atoms with Crippen LogP contribution in [-0.2, 0) is 4.79 Å². The van der Waals surface area contributed by atoms with Crippen molar-refractivity contribution < 1.29 is 4.79 Å². The number of nitrogens with one attached hydrogen (secondary N) is 2. The lowest BCUT2D eigenvalue weighted by Gasteiger charge is -2.20. The smallest absolute Gasteiger partial charge is 0.243 e. The van der Waals surface area contributed by atoms with Crippen LogP contribution in [0.1, 0.15) is 19.3 Å². The minimum atomic E-state index is 0. The second-order valence-electron chi connectivity index (χ2n) is 6.78. The number of amides is 1. The zero-order chi connectivity index (χ0) is 16.9. The Hall–Kier alpha value is -1.51. The lowest BCUT2D eigenvalue weighted by Crippen LogP contribution is -2.46. The molecule has 2 N–H and O–H groups in total. The van der Waals surface area contributed by atoms with E-state index < -0.39 is 0 Å². The van der Waals surface area contributed by atoms with Gasteiger partial charge in [0, 0.05) is 45.0 Å². The molecular formula is C18H28IN5O. The van der Waals surface area contributed by atoms with Crippen LogP contribution in [0.4, 0.5) is 5.69 Å². The molecule has 0 radical (unpaired) electrons. The van der Waals surface area contributed by atoms with E-state index in [1.165, 1.54) is 18.5 Å². The Kier molecular flexibility index (Phi) is 7.34. The summed E-state index contributed by atoms with van der Waals surface area (Å²) in [6, 6.07) is 11.4. The first-order valence-electron chi connectivity index (χ1n) is 8.69. The molecule has 1 heterocycles. The number of aliphatic imine (C=N–C) groups is 1. The second-order valence-corrected chi connectivity index (χ2v) is 6.78. The molecule has 0 aromatic heterocycles. The van der Waals surface area contributed by atoms with Gasteiger partial charge in [-0.3, -0.25) is 4.79 Å². The zero-order valence-electron chi connectivity index (χ0n) is 14.9. The number of hydrogen-bond donors (Lipinski definition) is 2. The van der Waals surface area contributed by atoms with E-state index in [1.54, 1.807) is 19.0 Å². The fraction of sp³-hybridized carbons (Fsp3) is 0.556. The third kappa shape index (κ3) is 6.05. The molecule has 6 nitrogen and oxygen atoms in total. The number of halogens is 1. The first-order chi connectivity index (χ1) is 11.6.